The average Bonchev–Trinajstić information content (AvgIpc) is 3.42. The quantitative estimate of drug-likeness (QED) is 0.708. The van der Waals surface area contributed by atoms with E-state index in [1.807, 2.05) is 58.1 Å². The van der Waals surface area contributed by atoms with Crippen molar-refractivity contribution < 1.29 is 4.79 Å². The molecule has 1 spiro atoms. The molecule has 2 aliphatic rings. The van der Waals surface area contributed by atoms with Crippen molar-refractivity contribution in [1.29, 1.82) is 0 Å². The third-order valence-corrected chi connectivity index (χ3v) is 6.96. The highest BCUT2D eigenvalue weighted by Gasteiger charge is 2.40. The summed E-state index contributed by atoms with van der Waals surface area (Å²) in [6, 6.07) is 15.5. The number of hydrogen-bond donors (Lipinski definition) is 1. The SMILES string of the molecule is O=C(CCc1ccc[nH]1)N1CCC2(CCc3nc(-c4ccccc4)cc(=O)n3CC2)C1. The number of carbonyl (C=O) groups excluding carboxylic acids is 1. The fourth-order valence-corrected chi connectivity index (χ4v) is 5.07. The molecule has 1 amide bonds. The second-order valence-electron chi connectivity index (χ2n) is 8.92. The molecule has 0 saturated carbocycles. The summed E-state index contributed by atoms with van der Waals surface area (Å²) in [6.07, 6.45) is 6.87. The van der Waals surface area contributed by atoms with Crippen molar-refractivity contribution in [2.24, 2.45) is 5.41 Å². The topological polar surface area (TPSA) is 71.0 Å². The number of aryl methyl sites for hydroxylation is 2. The smallest absolute Gasteiger partial charge is 0.254 e. The molecule has 5 rings (SSSR count). The molecule has 1 fully saturated rings. The number of carbonyl (C=O) groups is 1. The molecule has 1 N–H and O–H groups in total. The molecule has 0 aliphatic carbocycles. The Balaban J connectivity index is 1.28. The van der Waals surface area contributed by atoms with Crippen LogP contribution in [0.1, 0.15) is 37.2 Å². The Hall–Kier alpha value is -3.15. The highest BCUT2D eigenvalue weighted by atomic mass is 16.2. The molecule has 2 aromatic heterocycles. The third kappa shape index (κ3) is 4.07. The number of nitrogens with one attached hydrogen (secondary N) is 1. The van der Waals surface area contributed by atoms with Crippen LogP contribution in [0, 0.1) is 5.41 Å². The third-order valence-electron chi connectivity index (χ3n) is 6.96. The Labute approximate surface area is 181 Å². The van der Waals surface area contributed by atoms with Crippen molar-refractivity contribution in [3.63, 3.8) is 0 Å². The van der Waals surface area contributed by atoms with E-state index in [2.05, 4.69) is 4.98 Å². The number of benzene rings is 1. The number of hydrogen-bond acceptors (Lipinski definition) is 3. The number of aromatic amines is 1. The molecular formula is C25H28N4O2. The van der Waals surface area contributed by atoms with Crippen LogP contribution in [0.2, 0.25) is 0 Å². The first-order chi connectivity index (χ1) is 15.1. The maximum atomic E-state index is 12.8. The zero-order valence-corrected chi connectivity index (χ0v) is 17.7. The van der Waals surface area contributed by atoms with Gasteiger partial charge in [0.15, 0.2) is 0 Å². The molecule has 1 unspecified atom stereocenters. The van der Waals surface area contributed by atoms with Crippen molar-refractivity contribution in [1.82, 2.24) is 19.4 Å². The van der Waals surface area contributed by atoms with Crippen LogP contribution in [0.5, 0.6) is 0 Å². The van der Waals surface area contributed by atoms with Gasteiger partial charge in [-0.05, 0) is 43.2 Å². The van der Waals surface area contributed by atoms with Gasteiger partial charge >= 0.3 is 0 Å². The van der Waals surface area contributed by atoms with E-state index in [1.54, 1.807) is 6.07 Å². The van der Waals surface area contributed by atoms with Gasteiger partial charge in [-0.25, -0.2) is 4.98 Å². The molecule has 1 atom stereocenters. The fourth-order valence-electron chi connectivity index (χ4n) is 5.07. The van der Waals surface area contributed by atoms with Gasteiger partial charge in [0.05, 0.1) is 5.69 Å². The number of aromatic nitrogens is 3. The van der Waals surface area contributed by atoms with Crippen molar-refractivity contribution in [2.45, 2.75) is 45.1 Å². The van der Waals surface area contributed by atoms with E-state index < -0.39 is 0 Å². The van der Waals surface area contributed by atoms with Crippen LogP contribution in [-0.2, 0) is 24.2 Å². The molecule has 0 radical (unpaired) electrons. The minimum atomic E-state index is 0.0257. The first kappa shape index (κ1) is 19.8. The van der Waals surface area contributed by atoms with Gasteiger partial charge in [0.25, 0.3) is 5.56 Å². The van der Waals surface area contributed by atoms with Crippen LogP contribution >= 0.6 is 0 Å². The largest absolute Gasteiger partial charge is 0.365 e. The predicted octanol–water partition coefficient (Wildman–Crippen LogP) is 3.43. The van der Waals surface area contributed by atoms with Gasteiger partial charge in [0, 0.05) is 56.0 Å². The number of rotatable bonds is 4. The maximum absolute atomic E-state index is 12.8. The Bertz CT molecular complexity index is 1120. The van der Waals surface area contributed by atoms with Gasteiger partial charge in [-0.1, -0.05) is 30.3 Å². The van der Waals surface area contributed by atoms with Crippen molar-refractivity contribution in [2.75, 3.05) is 13.1 Å². The highest BCUT2D eigenvalue weighted by molar-refractivity contribution is 5.76. The van der Waals surface area contributed by atoms with E-state index in [0.717, 1.165) is 68.0 Å². The molecule has 2 aliphatic heterocycles. The summed E-state index contributed by atoms with van der Waals surface area (Å²) >= 11 is 0. The summed E-state index contributed by atoms with van der Waals surface area (Å²) in [5.41, 5.74) is 2.95. The highest BCUT2D eigenvalue weighted by Crippen LogP contribution is 2.40. The standard InChI is InChI=1S/C25H28N4O2/c30-23(9-8-20-7-4-14-26-20)28-15-12-25(18-28)11-10-22-27-21(19-5-2-1-3-6-19)17-24(31)29(22)16-13-25/h1-7,14,17,26H,8-13,15-16,18H2. The Morgan fingerprint density at radius 2 is 1.90 bits per heavy atom. The molecule has 1 saturated heterocycles. The van der Waals surface area contributed by atoms with Gasteiger partial charge in [0.2, 0.25) is 5.91 Å². The van der Waals surface area contributed by atoms with E-state index >= 15 is 0 Å². The molecule has 3 aromatic rings. The van der Waals surface area contributed by atoms with E-state index in [9.17, 15) is 9.59 Å². The monoisotopic (exact) mass is 416 g/mol. The lowest BCUT2D eigenvalue weighted by molar-refractivity contribution is -0.130. The summed E-state index contributed by atoms with van der Waals surface area (Å²) in [6.45, 7) is 2.29. The van der Waals surface area contributed by atoms with Crippen molar-refractivity contribution >= 4 is 5.91 Å². The second kappa shape index (κ2) is 8.17. The Morgan fingerprint density at radius 1 is 1.06 bits per heavy atom. The summed E-state index contributed by atoms with van der Waals surface area (Å²) in [5.74, 6) is 1.11. The first-order valence-electron chi connectivity index (χ1n) is 11.2. The molecule has 6 nitrogen and oxygen atoms in total. The van der Waals surface area contributed by atoms with Gasteiger partial charge in [-0.2, -0.15) is 0 Å². The van der Waals surface area contributed by atoms with Crippen molar-refractivity contribution in [3.8, 4) is 11.3 Å². The van der Waals surface area contributed by atoms with Gasteiger partial charge < -0.3 is 9.88 Å². The van der Waals surface area contributed by atoms with Crippen LogP contribution in [0.3, 0.4) is 0 Å². The molecular weight excluding hydrogens is 388 g/mol. The molecule has 160 valence electrons. The van der Waals surface area contributed by atoms with Gasteiger partial charge in [0.1, 0.15) is 5.82 Å². The molecule has 4 heterocycles. The lowest BCUT2D eigenvalue weighted by Crippen LogP contribution is -2.33. The van der Waals surface area contributed by atoms with Gasteiger partial charge in [-0.3, -0.25) is 14.2 Å². The van der Waals surface area contributed by atoms with Crippen LogP contribution in [0.25, 0.3) is 11.3 Å². The minimum absolute atomic E-state index is 0.0257. The lowest BCUT2D eigenvalue weighted by Gasteiger charge is -2.27. The number of likely N-dealkylation sites (tertiary alicyclic amines) is 1. The first-order valence-corrected chi connectivity index (χ1v) is 11.2. The summed E-state index contributed by atoms with van der Waals surface area (Å²) < 4.78 is 1.84. The summed E-state index contributed by atoms with van der Waals surface area (Å²) in [5, 5.41) is 0. The summed E-state index contributed by atoms with van der Waals surface area (Å²) in [4.78, 5) is 35.7. The Morgan fingerprint density at radius 3 is 2.71 bits per heavy atom. The molecule has 0 bridgehead atoms. The average molecular weight is 417 g/mol. The number of amides is 1. The zero-order chi connectivity index (χ0) is 21.3. The van der Waals surface area contributed by atoms with E-state index in [4.69, 9.17) is 4.98 Å². The van der Waals surface area contributed by atoms with Gasteiger partial charge in [-0.15, -0.1) is 0 Å². The van der Waals surface area contributed by atoms with Crippen LogP contribution in [-0.4, -0.2) is 38.4 Å². The van der Waals surface area contributed by atoms with E-state index in [0.29, 0.717) is 13.0 Å². The van der Waals surface area contributed by atoms with Crippen LogP contribution < -0.4 is 5.56 Å². The normalized spacial score (nSPS) is 20.6. The Kier molecular flexibility index (Phi) is 5.22. The second-order valence-corrected chi connectivity index (χ2v) is 8.92. The maximum Gasteiger partial charge on any atom is 0.254 e. The molecule has 31 heavy (non-hydrogen) atoms. The van der Waals surface area contributed by atoms with Crippen LogP contribution in [0.15, 0.2) is 59.5 Å². The lowest BCUT2D eigenvalue weighted by atomic mass is 9.80. The number of fused-ring (bicyclic) bond motifs is 1. The minimum Gasteiger partial charge on any atom is -0.365 e. The zero-order valence-electron chi connectivity index (χ0n) is 17.7. The molecule has 1 aromatic carbocycles. The summed E-state index contributed by atoms with van der Waals surface area (Å²) in [7, 11) is 0. The molecule has 6 heteroatoms. The van der Waals surface area contributed by atoms with Crippen LogP contribution in [0.4, 0.5) is 0 Å². The number of nitrogens with zero attached hydrogens (tertiary/aromatic N) is 3. The van der Waals surface area contributed by atoms with E-state index in [1.165, 1.54) is 0 Å². The van der Waals surface area contributed by atoms with Crippen molar-refractivity contribution in [3.05, 3.63) is 76.6 Å². The predicted molar refractivity (Wildman–Crippen MR) is 120 cm³/mol. The van der Waals surface area contributed by atoms with E-state index in [-0.39, 0.29) is 16.9 Å². The fraction of sp³-hybridized carbons (Fsp3) is 0.400. The number of H-pyrrole nitrogens is 1.